The number of nitrogens with one attached hydrogen (secondary N) is 1. The van der Waals surface area contributed by atoms with Gasteiger partial charge in [-0.15, -0.1) is 0 Å². The SMILES string of the molecule is COCCOC(=O)C1=C(C)N(C)C(=O)N[C@@H]1c1ccc(F)c(Br)c1. The molecule has 6 nitrogen and oxygen atoms in total. The van der Waals surface area contributed by atoms with E-state index in [-0.39, 0.29) is 23.7 Å². The van der Waals surface area contributed by atoms with Crippen molar-refractivity contribution in [1.29, 1.82) is 0 Å². The lowest BCUT2D eigenvalue weighted by molar-refractivity contribution is -0.140. The number of rotatable bonds is 5. The van der Waals surface area contributed by atoms with Crippen LogP contribution in [0.2, 0.25) is 0 Å². The summed E-state index contributed by atoms with van der Waals surface area (Å²) in [6.45, 7) is 2.04. The zero-order valence-corrected chi connectivity index (χ0v) is 15.1. The van der Waals surface area contributed by atoms with Crippen molar-refractivity contribution in [2.24, 2.45) is 0 Å². The van der Waals surface area contributed by atoms with E-state index >= 15 is 0 Å². The molecule has 2 rings (SSSR count). The van der Waals surface area contributed by atoms with Gasteiger partial charge in [0.1, 0.15) is 12.4 Å². The van der Waals surface area contributed by atoms with Crippen molar-refractivity contribution in [1.82, 2.24) is 10.2 Å². The highest BCUT2D eigenvalue weighted by atomic mass is 79.9. The van der Waals surface area contributed by atoms with E-state index in [1.165, 1.54) is 30.2 Å². The Morgan fingerprint density at radius 1 is 1.42 bits per heavy atom. The smallest absolute Gasteiger partial charge is 0.338 e. The second kappa shape index (κ2) is 7.76. The average molecular weight is 401 g/mol. The molecule has 2 amide bonds. The van der Waals surface area contributed by atoms with Gasteiger partial charge in [0.15, 0.2) is 0 Å². The molecule has 1 aliphatic heterocycles. The van der Waals surface area contributed by atoms with Gasteiger partial charge in [0.2, 0.25) is 0 Å². The molecule has 24 heavy (non-hydrogen) atoms. The Hall–Kier alpha value is -1.93. The summed E-state index contributed by atoms with van der Waals surface area (Å²) < 4.78 is 23.8. The number of nitrogens with zero attached hydrogens (tertiary/aromatic N) is 1. The van der Waals surface area contributed by atoms with Crippen LogP contribution < -0.4 is 5.32 Å². The number of urea groups is 1. The highest BCUT2D eigenvalue weighted by Gasteiger charge is 2.35. The summed E-state index contributed by atoms with van der Waals surface area (Å²) in [5, 5.41) is 2.73. The molecule has 8 heteroatoms. The van der Waals surface area contributed by atoms with E-state index in [2.05, 4.69) is 21.2 Å². The monoisotopic (exact) mass is 400 g/mol. The molecule has 0 aliphatic carbocycles. The molecule has 0 saturated heterocycles. The van der Waals surface area contributed by atoms with Crippen LogP contribution in [-0.4, -0.2) is 44.3 Å². The van der Waals surface area contributed by atoms with Crippen molar-refractivity contribution < 1.29 is 23.5 Å². The predicted molar refractivity (Wildman–Crippen MR) is 88.7 cm³/mol. The van der Waals surface area contributed by atoms with Crippen molar-refractivity contribution in [2.45, 2.75) is 13.0 Å². The number of carbonyl (C=O) groups excluding carboxylic acids is 2. The highest BCUT2D eigenvalue weighted by Crippen LogP contribution is 2.32. The number of hydrogen-bond acceptors (Lipinski definition) is 4. The first-order valence-corrected chi connectivity index (χ1v) is 8.02. The molecule has 0 saturated carbocycles. The first-order chi connectivity index (χ1) is 11.4. The fourth-order valence-electron chi connectivity index (χ4n) is 2.34. The first-order valence-electron chi connectivity index (χ1n) is 7.22. The van der Waals surface area contributed by atoms with Crippen molar-refractivity contribution in [3.05, 3.63) is 45.3 Å². The number of ether oxygens (including phenoxy) is 2. The fraction of sp³-hybridized carbons (Fsp3) is 0.375. The number of methoxy groups -OCH3 is 1. The molecule has 0 bridgehead atoms. The molecular weight excluding hydrogens is 383 g/mol. The molecule has 0 radical (unpaired) electrons. The lowest BCUT2D eigenvalue weighted by Gasteiger charge is -2.33. The van der Waals surface area contributed by atoms with E-state index < -0.39 is 17.8 Å². The molecule has 1 aromatic carbocycles. The maximum absolute atomic E-state index is 13.5. The van der Waals surface area contributed by atoms with Gasteiger partial charge in [-0.05, 0) is 40.5 Å². The normalized spacial score (nSPS) is 17.8. The third kappa shape index (κ3) is 3.76. The summed E-state index contributed by atoms with van der Waals surface area (Å²) >= 11 is 3.12. The molecular formula is C16H18BrFN2O4. The minimum Gasteiger partial charge on any atom is -0.460 e. The van der Waals surface area contributed by atoms with Crippen molar-refractivity contribution >= 4 is 27.9 Å². The van der Waals surface area contributed by atoms with Crippen LogP contribution in [0.4, 0.5) is 9.18 Å². The second-order valence-electron chi connectivity index (χ2n) is 5.24. The van der Waals surface area contributed by atoms with Crippen molar-refractivity contribution in [3.63, 3.8) is 0 Å². The van der Waals surface area contributed by atoms with Crippen LogP contribution in [0.5, 0.6) is 0 Å². The minimum absolute atomic E-state index is 0.101. The van der Waals surface area contributed by atoms with E-state index in [1.807, 2.05) is 0 Å². The highest BCUT2D eigenvalue weighted by molar-refractivity contribution is 9.10. The van der Waals surface area contributed by atoms with E-state index in [0.29, 0.717) is 16.8 Å². The van der Waals surface area contributed by atoms with Crippen LogP contribution in [-0.2, 0) is 14.3 Å². The third-order valence-corrected chi connectivity index (χ3v) is 4.38. The van der Waals surface area contributed by atoms with Gasteiger partial charge < -0.3 is 19.7 Å². The van der Waals surface area contributed by atoms with Gasteiger partial charge in [-0.3, -0.25) is 0 Å². The Morgan fingerprint density at radius 3 is 2.75 bits per heavy atom. The number of halogens is 2. The Bertz CT molecular complexity index is 693. The van der Waals surface area contributed by atoms with E-state index in [0.717, 1.165) is 0 Å². The predicted octanol–water partition coefficient (Wildman–Crippen LogP) is 2.75. The molecule has 1 atom stereocenters. The third-order valence-electron chi connectivity index (χ3n) is 3.77. The molecule has 1 N–H and O–H groups in total. The fourth-order valence-corrected chi connectivity index (χ4v) is 2.73. The topological polar surface area (TPSA) is 67.9 Å². The second-order valence-corrected chi connectivity index (χ2v) is 6.10. The molecule has 130 valence electrons. The first kappa shape index (κ1) is 18.4. The van der Waals surface area contributed by atoms with Gasteiger partial charge in [0, 0.05) is 19.9 Å². The van der Waals surface area contributed by atoms with Gasteiger partial charge in [-0.25, -0.2) is 14.0 Å². The zero-order valence-electron chi connectivity index (χ0n) is 13.6. The standard InChI is InChI=1S/C16H18BrFN2O4/c1-9-13(15(21)24-7-6-23-3)14(19-16(22)20(9)2)10-4-5-12(18)11(17)8-10/h4-5,8,14H,6-7H2,1-3H3,(H,19,22)/t14-/m1/s1. The lowest BCUT2D eigenvalue weighted by atomic mass is 9.95. The van der Waals surface area contributed by atoms with Crippen LogP contribution in [0.25, 0.3) is 0 Å². The minimum atomic E-state index is -0.722. The van der Waals surface area contributed by atoms with Gasteiger partial charge in [0.25, 0.3) is 0 Å². The van der Waals surface area contributed by atoms with E-state index in [9.17, 15) is 14.0 Å². The molecule has 0 unspecified atom stereocenters. The van der Waals surface area contributed by atoms with Crippen LogP contribution in [0.1, 0.15) is 18.5 Å². The summed E-state index contributed by atoms with van der Waals surface area (Å²) in [6.07, 6.45) is 0. The number of allylic oxidation sites excluding steroid dienone is 1. The average Bonchev–Trinajstić information content (AvgIpc) is 2.55. The Kier molecular flexibility index (Phi) is 5.95. The largest absolute Gasteiger partial charge is 0.460 e. The van der Waals surface area contributed by atoms with Gasteiger partial charge in [0.05, 0.1) is 22.7 Å². The number of carbonyl (C=O) groups is 2. The van der Waals surface area contributed by atoms with Crippen LogP contribution in [0, 0.1) is 5.82 Å². The van der Waals surface area contributed by atoms with Crippen LogP contribution in [0.15, 0.2) is 33.9 Å². The molecule has 1 aromatic rings. The molecule has 0 fully saturated rings. The Balaban J connectivity index is 2.40. The maximum atomic E-state index is 13.5. The van der Waals surface area contributed by atoms with Crippen molar-refractivity contribution in [3.8, 4) is 0 Å². The summed E-state index contributed by atoms with van der Waals surface area (Å²) in [7, 11) is 3.07. The van der Waals surface area contributed by atoms with Gasteiger partial charge >= 0.3 is 12.0 Å². The summed E-state index contributed by atoms with van der Waals surface area (Å²) in [5.74, 6) is -0.982. The van der Waals surface area contributed by atoms with E-state index in [4.69, 9.17) is 9.47 Å². The summed E-state index contributed by atoms with van der Waals surface area (Å²) in [5.41, 5.74) is 1.35. The molecule has 0 aromatic heterocycles. The number of hydrogen-bond donors (Lipinski definition) is 1. The molecule has 1 heterocycles. The molecule has 0 spiro atoms. The van der Waals surface area contributed by atoms with E-state index in [1.54, 1.807) is 14.0 Å². The summed E-state index contributed by atoms with van der Waals surface area (Å²) in [6, 6.07) is 3.24. The van der Waals surface area contributed by atoms with Crippen LogP contribution in [0.3, 0.4) is 0 Å². The quantitative estimate of drug-likeness (QED) is 0.609. The maximum Gasteiger partial charge on any atom is 0.338 e. The Morgan fingerprint density at radius 2 is 2.12 bits per heavy atom. The lowest BCUT2D eigenvalue weighted by Crippen LogP contribution is -2.46. The van der Waals surface area contributed by atoms with Crippen LogP contribution >= 0.6 is 15.9 Å². The van der Waals surface area contributed by atoms with Gasteiger partial charge in [-0.2, -0.15) is 0 Å². The zero-order chi connectivity index (χ0) is 17.9. The number of esters is 1. The molecule has 1 aliphatic rings. The summed E-state index contributed by atoms with van der Waals surface area (Å²) in [4.78, 5) is 25.9. The Labute approximate surface area is 147 Å². The number of benzene rings is 1. The number of amides is 2. The van der Waals surface area contributed by atoms with Gasteiger partial charge in [-0.1, -0.05) is 6.07 Å². The van der Waals surface area contributed by atoms with Crippen molar-refractivity contribution in [2.75, 3.05) is 27.4 Å².